The van der Waals surface area contributed by atoms with Crippen LogP contribution in [-0.2, 0) is 20.1 Å². The average molecular weight is 524 g/mol. The summed E-state index contributed by atoms with van der Waals surface area (Å²) in [5, 5.41) is 11.8. The Labute approximate surface area is 220 Å². The zero-order valence-electron chi connectivity index (χ0n) is 21.6. The molecule has 2 saturated carbocycles. The molecule has 9 heteroatoms. The Balaban J connectivity index is 1.31. The molecule has 1 aliphatic heterocycles. The first-order valence-electron chi connectivity index (χ1n) is 13.3. The van der Waals surface area contributed by atoms with Crippen LogP contribution in [0.5, 0.6) is 0 Å². The van der Waals surface area contributed by atoms with Gasteiger partial charge in [0, 0.05) is 41.9 Å². The van der Waals surface area contributed by atoms with Crippen molar-refractivity contribution in [2.24, 2.45) is 13.0 Å². The summed E-state index contributed by atoms with van der Waals surface area (Å²) in [4.78, 5) is 15.2. The molecule has 0 saturated heterocycles. The van der Waals surface area contributed by atoms with Gasteiger partial charge in [-0.2, -0.15) is 0 Å². The Morgan fingerprint density at radius 2 is 1.97 bits per heavy atom. The molecule has 6 rings (SSSR count). The lowest BCUT2D eigenvalue weighted by Crippen LogP contribution is -2.47. The predicted octanol–water partition coefficient (Wildman–Crippen LogP) is 5.83. The molecule has 2 aromatic carbocycles. The number of hydrogen-bond donors (Lipinski definition) is 1. The minimum atomic E-state index is -2.67. The summed E-state index contributed by atoms with van der Waals surface area (Å²) in [6, 6.07) is 10.9. The van der Waals surface area contributed by atoms with Crippen molar-refractivity contribution in [2.45, 2.75) is 76.2 Å². The van der Waals surface area contributed by atoms with Gasteiger partial charge in [-0.3, -0.25) is 4.79 Å². The van der Waals surface area contributed by atoms with Crippen LogP contribution in [0.4, 0.5) is 18.9 Å². The highest BCUT2D eigenvalue weighted by molar-refractivity contribution is 6.10. The molecular weight excluding hydrogens is 491 g/mol. The van der Waals surface area contributed by atoms with Gasteiger partial charge >= 0.3 is 0 Å². The van der Waals surface area contributed by atoms with E-state index in [9.17, 15) is 18.0 Å². The van der Waals surface area contributed by atoms with Gasteiger partial charge in [-0.1, -0.05) is 12.1 Å². The number of benzene rings is 2. The van der Waals surface area contributed by atoms with E-state index in [2.05, 4.69) is 22.4 Å². The van der Waals surface area contributed by atoms with Crippen molar-refractivity contribution >= 4 is 11.6 Å². The lowest BCUT2D eigenvalue weighted by Gasteiger charge is -2.39. The normalized spacial score (nSPS) is 22.8. The van der Waals surface area contributed by atoms with Crippen molar-refractivity contribution in [1.29, 1.82) is 0 Å². The van der Waals surface area contributed by atoms with Crippen molar-refractivity contribution in [2.75, 3.05) is 4.90 Å². The third-order valence-corrected chi connectivity index (χ3v) is 8.70. The van der Waals surface area contributed by atoms with Gasteiger partial charge < -0.3 is 14.8 Å². The molecule has 38 heavy (non-hydrogen) atoms. The fraction of sp³-hybridized carbons (Fsp3) is 0.483. The van der Waals surface area contributed by atoms with Gasteiger partial charge in [0.2, 0.25) is 0 Å². The van der Waals surface area contributed by atoms with Gasteiger partial charge in [0.25, 0.3) is 12.3 Å². The van der Waals surface area contributed by atoms with Crippen LogP contribution in [0.25, 0.3) is 0 Å². The lowest BCUT2D eigenvalue weighted by molar-refractivity contribution is 0.0996. The van der Waals surface area contributed by atoms with Gasteiger partial charge in [0.15, 0.2) is 0 Å². The fourth-order valence-electron chi connectivity index (χ4n) is 6.16. The second-order valence-electron chi connectivity index (χ2n) is 11.4. The Hall–Kier alpha value is -3.20. The zero-order chi connectivity index (χ0) is 26.6. The number of aryl methyl sites for hydroxylation is 1. The average Bonchev–Trinajstić information content (AvgIpc) is 3.43. The lowest BCUT2D eigenvalue weighted by atomic mass is 9.71. The minimum absolute atomic E-state index is 0.0301. The monoisotopic (exact) mass is 523 g/mol. The molecule has 1 amide bonds. The minimum Gasteiger partial charge on any atom is -0.320 e. The van der Waals surface area contributed by atoms with E-state index in [0.29, 0.717) is 41.8 Å². The van der Waals surface area contributed by atoms with Crippen LogP contribution in [0.15, 0.2) is 42.7 Å². The highest BCUT2D eigenvalue weighted by Crippen LogP contribution is 2.45. The second kappa shape index (κ2) is 9.52. The third kappa shape index (κ3) is 4.40. The van der Waals surface area contributed by atoms with Crippen LogP contribution < -0.4 is 10.2 Å². The molecule has 3 aliphatic rings. The van der Waals surface area contributed by atoms with Crippen molar-refractivity contribution in [3.05, 3.63) is 76.4 Å². The second-order valence-corrected chi connectivity index (χ2v) is 11.4. The number of nitrogens with one attached hydrogen (secondary N) is 1. The Morgan fingerprint density at radius 3 is 2.61 bits per heavy atom. The molecule has 0 spiro atoms. The molecule has 2 fully saturated rings. The van der Waals surface area contributed by atoms with E-state index in [0.717, 1.165) is 30.7 Å². The highest BCUT2D eigenvalue weighted by atomic mass is 19.3. The van der Waals surface area contributed by atoms with Crippen LogP contribution >= 0.6 is 0 Å². The number of halogens is 3. The number of alkyl halides is 3. The van der Waals surface area contributed by atoms with Crippen molar-refractivity contribution in [3.8, 4) is 0 Å². The Morgan fingerprint density at radius 1 is 1.18 bits per heavy atom. The predicted molar refractivity (Wildman–Crippen MR) is 138 cm³/mol. The maximum atomic E-state index is 14.1. The SMILES string of the molecule is Cn1cnnc1[C@@H](c1cccc(N2Cc3c(cc(CNC4(C)CCC4)cc3C(F)F)C2=O)c1)C1CC(F)C1. The first-order chi connectivity index (χ1) is 18.2. The highest BCUT2D eigenvalue weighted by Gasteiger charge is 2.40. The molecule has 200 valence electrons. The summed E-state index contributed by atoms with van der Waals surface area (Å²) < 4.78 is 44.0. The van der Waals surface area contributed by atoms with Crippen molar-refractivity contribution in [1.82, 2.24) is 20.1 Å². The number of nitrogens with zero attached hydrogens (tertiary/aromatic N) is 4. The largest absolute Gasteiger partial charge is 0.320 e. The molecule has 1 atom stereocenters. The number of carbonyl (C=O) groups excluding carboxylic acids is 1. The van der Waals surface area contributed by atoms with Gasteiger partial charge in [0.1, 0.15) is 18.3 Å². The first kappa shape index (κ1) is 25.1. The third-order valence-electron chi connectivity index (χ3n) is 8.70. The van der Waals surface area contributed by atoms with Crippen LogP contribution in [0.1, 0.15) is 89.8 Å². The molecule has 0 bridgehead atoms. The first-order valence-corrected chi connectivity index (χ1v) is 13.3. The number of anilines is 1. The van der Waals surface area contributed by atoms with Crippen LogP contribution in [-0.4, -0.2) is 32.4 Å². The number of aromatic nitrogens is 3. The number of carbonyl (C=O) groups is 1. The summed E-state index contributed by atoms with van der Waals surface area (Å²) in [5.74, 6) is 0.371. The summed E-state index contributed by atoms with van der Waals surface area (Å²) in [5.41, 5.74) is 2.92. The summed E-state index contributed by atoms with van der Waals surface area (Å²) in [6.07, 6.45) is 2.31. The van der Waals surface area contributed by atoms with E-state index < -0.39 is 12.6 Å². The Kier molecular flexibility index (Phi) is 6.29. The standard InChI is InChI=1S/C29H32F3N5O/c1-29(7-4-8-29)33-14-17-9-22(26(31)32)24-15-37(28(38)23(24)10-17)21-6-3-5-18(13-21)25(19-11-20(30)12-19)27-35-34-16-36(27)2/h3,5-6,9-10,13,16,19-20,25-26,33H,4,7-8,11-12,14-15H2,1-2H3/t19?,20?,25-/m0/s1. The van der Waals surface area contributed by atoms with E-state index in [4.69, 9.17) is 0 Å². The maximum Gasteiger partial charge on any atom is 0.264 e. The van der Waals surface area contributed by atoms with Gasteiger partial charge in [-0.25, -0.2) is 13.2 Å². The molecule has 1 N–H and O–H groups in total. The van der Waals surface area contributed by atoms with E-state index in [-0.39, 0.29) is 35.4 Å². The molecule has 2 aliphatic carbocycles. The molecule has 0 unspecified atom stereocenters. The van der Waals surface area contributed by atoms with E-state index in [1.807, 2.05) is 35.9 Å². The molecule has 3 aromatic rings. The molecule has 0 radical (unpaired) electrons. The molecular formula is C29H32F3N5O. The topological polar surface area (TPSA) is 63.1 Å². The number of fused-ring (bicyclic) bond motifs is 1. The number of amides is 1. The van der Waals surface area contributed by atoms with Crippen molar-refractivity contribution in [3.63, 3.8) is 0 Å². The van der Waals surface area contributed by atoms with Crippen LogP contribution in [0, 0.1) is 5.92 Å². The molecule has 6 nitrogen and oxygen atoms in total. The number of rotatable bonds is 8. The molecule has 1 aromatic heterocycles. The van der Waals surface area contributed by atoms with E-state index in [1.54, 1.807) is 23.4 Å². The number of hydrogen-bond acceptors (Lipinski definition) is 4. The van der Waals surface area contributed by atoms with Gasteiger partial charge in [0.05, 0.1) is 6.54 Å². The van der Waals surface area contributed by atoms with Crippen LogP contribution in [0.3, 0.4) is 0 Å². The fourth-order valence-corrected chi connectivity index (χ4v) is 6.16. The van der Waals surface area contributed by atoms with Gasteiger partial charge in [-0.05, 0) is 85.9 Å². The Bertz CT molecular complexity index is 1360. The zero-order valence-corrected chi connectivity index (χ0v) is 21.6. The maximum absolute atomic E-state index is 14.1. The van der Waals surface area contributed by atoms with Crippen LogP contribution in [0.2, 0.25) is 0 Å². The van der Waals surface area contributed by atoms with E-state index in [1.165, 1.54) is 0 Å². The smallest absolute Gasteiger partial charge is 0.264 e. The quantitative estimate of drug-likeness (QED) is 0.404. The molecule has 2 heterocycles. The summed E-state index contributed by atoms with van der Waals surface area (Å²) >= 11 is 0. The summed E-state index contributed by atoms with van der Waals surface area (Å²) in [7, 11) is 1.86. The van der Waals surface area contributed by atoms with Gasteiger partial charge in [-0.15, -0.1) is 10.2 Å². The van der Waals surface area contributed by atoms with Crippen molar-refractivity contribution < 1.29 is 18.0 Å². The summed E-state index contributed by atoms with van der Waals surface area (Å²) in [6.45, 7) is 2.68. The van der Waals surface area contributed by atoms with E-state index >= 15 is 0 Å².